The Morgan fingerprint density at radius 2 is 2.06 bits per heavy atom. The molecule has 0 atom stereocenters. The summed E-state index contributed by atoms with van der Waals surface area (Å²) in [7, 11) is 1.74. The largest absolute Gasteiger partial charge is 0.348 e. The lowest BCUT2D eigenvalue weighted by molar-refractivity contribution is -0.420. The van der Waals surface area contributed by atoms with Gasteiger partial charge in [0.1, 0.15) is 0 Å². The zero-order valence-corrected chi connectivity index (χ0v) is 10.2. The summed E-state index contributed by atoms with van der Waals surface area (Å²) < 4.78 is 0. The van der Waals surface area contributed by atoms with Gasteiger partial charge in [0, 0.05) is 5.39 Å². The molecular weight excluding hydrogens is 214 g/mol. The minimum absolute atomic E-state index is 0.427. The van der Waals surface area contributed by atoms with Crippen LogP contribution in [0.5, 0.6) is 0 Å². The van der Waals surface area contributed by atoms with Gasteiger partial charge in [-0.1, -0.05) is 11.6 Å². The summed E-state index contributed by atoms with van der Waals surface area (Å²) in [6, 6.07) is 6.10. The Hall–Kier alpha value is -2.17. The van der Waals surface area contributed by atoms with Crippen molar-refractivity contribution < 1.29 is 4.99 Å². The minimum atomic E-state index is 0.427. The van der Waals surface area contributed by atoms with Crippen LogP contribution in [0.2, 0.25) is 0 Å². The molecular formula is C12H16N5+. The highest BCUT2D eigenvalue weighted by Crippen LogP contribution is 2.18. The van der Waals surface area contributed by atoms with Gasteiger partial charge in [-0.05, 0) is 26.0 Å². The van der Waals surface area contributed by atoms with E-state index in [0.717, 1.165) is 16.6 Å². The molecule has 0 radical (unpaired) electrons. The molecule has 0 aliphatic rings. The maximum Gasteiger partial charge on any atom is 0.348 e. The van der Waals surface area contributed by atoms with E-state index < -0.39 is 0 Å². The van der Waals surface area contributed by atoms with E-state index in [1.807, 2.05) is 19.1 Å². The number of hydrogen-bond donors (Lipinski definition) is 3. The third kappa shape index (κ3) is 2.33. The number of hydrogen-bond acceptors (Lipinski definition) is 2. The van der Waals surface area contributed by atoms with Crippen molar-refractivity contribution in [3.8, 4) is 0 Å². The standard InChI is InChI=1S/C12H15N5/c1-7-4-5-10-9(6-7)8(2)15-12(16-10)17-11(13)14-3/h4-6H,1-3H3,(H3,13,14,15,16,17)/p+1. The number of aromatic nitrogens is 2. The number of nitrogens with zero attached hydrogens (tertiary/aromatic N) is 2. The second-order valence-electron chi connectivity index (χ2n) is 3.94. The van der Waals surface area contributed by atoms with Gasteiger partial charge in [-0.25, -0.2) is 10.3 Å². The number of rotatable bonds is 1. The van der Waals surface area contributed by atoms with E-state index in [1.165, 1.54) is 5.56 Å². The van der Waals surface area contributed by atoms with Crippen LogP contribution in [0.25, 0.3) is 10.9 Å². The Kier molecular flexibility index (Phi) is 2.91. The van der Waals surface area contributed by atoms with Gasteiger partial charge in [-0.2, -0.15) is 4.98 Å². The number of anilines is 1. The minimum Gasteiger partial charge on any atom is -0.290 e. The number of guanidine groups is 1. The van der Waals surface area contributed by atoms with Crippen LogP contribution in [0.15, 0.2) is 18.2 Å². The summed E-state index contributed by atoms with van der Waals surface area (Å²) in [5, 5.41) is 3.97. The molecule has 88 valence electrons. The molecule has 0 bridgehead atoms. The van der Waals surface area contributed by atoms with Gasteiger partial charge in [0.2, 0.25) is 0 Å². The Morgan fingerprint density at radius 3 is 2.76 bits per heavy atom. The maximum atomic E-state index is 5.64. The molecule has 0 amide bonds. The predicted octanol–water partition coefficient (Wildman–Crippen LogP) is -0.316. The van der Waals surface area contributed by atoms with E-state index in [1.54, 1.807) is 7.05 Å². The first kappa shape index (κ1) is 11.3. The van der Waals surface area contributed by atoms with Gasteiger partial charge in [-0.3, -0.25) is 10.7 Å². The van der Waals surface area contributed by atoms with Gasteiger partial charge >= 0.3 is 5.96 Å². The molecule has 2 rings (SSSR count). The summed E-state index contributed by atoms with van der Waals surface area (Å²) in [5.74, 6) is 0.932. The van der Waals surface area contributed by atoms with Crippen LogP contribution in [0.4, 0.5) is 5.95 Å². The highest BCUT2D eigenvalue weighted by atomic mass is 15.2. The van der Waals surface area contributed by atoms with Crippen molar-refractivity contribution in [1.82, 2.24) is 9.97 Å². The zero-order valence-electron chi connectivity index (χ0n) is 10.2. The highest BCUT2D eigenvalue weighted by Gasteiger charge is 2.08. The fourth-order valence-electron chi connectivity index (χ4n) is 1.63. The highest BCUT2D eigenvalue weighted by molar-refractivity contribution is 5.88. The van der Waals surface area contributed by atoms with Gasteiger partial charge in [0.25, 0.3) is 5.95 Å². The number of nitrogens with one attached hydrogen (secondary N) is 2. The molecule has 17 heavy (non-hydrogen) atoms. The molecule has 1 aromatic carbocycles. The van der Waals surface area contributed by atoms with Crippen LogP contribution in [-0.4, -0.2) is 23.0 Å². The van der Waals surface area contributed by atoms with Crippen LogP contribution < -0.4 is 16.0 Å². The summed E-state index contributed by atoms with van der Waals surface area (Å²) >= 11 is 0. The lowest BCUT2D eigenvalue weighted by Gasteiger charge is -2.04. The Bertz CT molecular complexity index is 589. The SMILES string of the molecule is C[NH+]=C(N)Nc1nc(C)c2cc(C)ccc2n1. The number of fused-ring (bicyclic) bond motifs is 1. The molecule has 0 fully saturated rings. The molecule has 0 aliphatic carbocycles. The van der Waals surface area contributed by atoms with Crippen LogP contribution in [0, 0.1) is 13.8 Å². The van der Waals surface area contributed by atoms with Crippen molar-refractivity contribution >= 4 is 22.8 Å². The molecule has 1 aromatic heterocycles. The predicted molar refractivity (Wildman–Crippen MR) is 68.7 cm³/mol. The number of nitrogens with two attached hydrogens (primary N) is 1. The van der Waals surface area contributed by atoms with Crippen molar-refractivity contribution in [2.45, 2.75) is 13.8 Å². The average molecular weight is 230 g/mol. The molecule has 0 saturated heterocycles. The van der Waals surface area contributed by atoms with Crippen molar-refractivity contribution in [2.75, 3.05) is 12.4 Å². The van der Waals surface area contributed by atoms with Crippen LogP contribution in [0.3, 0.4) is 0 Å². The first-order valence-electron chi connectivity index (χ1n) is 5.42. The smallest absolute Gasteiger partial charge is 0.290 e. The Labute approximate surface area is 99.8 Å². The molecule has 0 spiro atoms. The van der Waals surface area contributed by atoms with Crippen molar-refractivity contribution in [1.29, 1.82) is 0 Å². The Balaban J connectivity index is 2.52. The summed E-state index contributed by atoms with van der Waals surface area (Å²) in [6.07, 6.45) is 0. The fourth-order valence-corrected chi connectivity index (χ4v) is 1.63. The fraction of sp³-hybridized carbons (Fsp3) is 0.250. The van der Waals surface area contributed by atoms with Crippen molar-refractivity contribution in [2.24, 2.45) is 5.73 Å². The quantitative estimate of drug-likeness (QED) is 0.463. The summed E-state index contributed by atoms with van der Waals surface area (Å²) in [4.78, 5) is 11.6. The first-order valence-corrected chi connectivity index (χ1v) is 5.42. The van der Waals surface area contributed by atoms with E-state index in [2.05, 4.69) is 33.3 Å². The van der Waals surface area contributed by atoms with Gasteiger partial charge in [0.05, 0.1) is 18.3 Å². The third-order valence-electron chi connectivity index (χ3n) is 2.56. The van der Waals surface area contributed by atoms with Crippen LogP contribution in [0.1, 0.15) is 11.3 Å². The molecule has 5 heteroatoms. The zero-order chi connectivity index (χ0) is 12.4. The molecule has 5 nitrogen and oxygen atoms in total. The van der Waals surface area contributed by atoms with E-state index in [4.69, 9.17) is 5.73 Å². The van der Waals surface area contributed by atoms with Gasteiger partial charge in [-0.15, -0.1) is 0 Å². The molecule has 0 aliphatic heterocycles. The van der Waals surface area contributed by atoms with E-state index in [0.29, 0.717) is 11.9 Å². The maximum absolute atomic E-state index is 5.64. The van der Waals surface area contributed by atoms with Gasteiger partial charge in [0.15, 0.2) is 0 Å². The normalized spacial score (nSPS) is 11.8. The summed E-state index contributed by atoms with van der Waals surface area (Å²) in [6.45, 7) is 4.02. The lowest BCUT2D eigenvalue weighted by Crippen LogP contribution is -2.73. The second-order valence-corrected chi connectivity index (χ2v) is 3.94. The van der Waals surface area contributed by atoms with E-state index in [9.17, 15) is 0 Å². The molecule has 4 N–H and O–H groups in total. The molecule has 1 heterocycles. The van der Waals surface area contributed by atoms with E-state index in [-0.39, 0.29) is 0 Å². The Morgan fingerprint density at radius 1 is 1.29 bits per heavy atom. The molecule has 0 saturated carbocycles. The van der Waals surface area contributed by atoms with Crippen LogP contribution >= 0.6 is 0 Å². The molecule has 2 aromatic rings. The lowest BCUT2D eigenvalue weighted by atomic mass is 10.1. The third-order valence-corrected chi connectivity index (χ3v) is 2.56. The van der Waals surface area contributed by atoms with Crippen molar-refractivity contribution in [3.63, 3.8) is 0 Å². The topological polar surface area (TPSA) is 77.8 Å². The van der Waals surface area contributed by atoms with Crippen LogP contribution in [-0.2, 0) is 0 Å². The summed E-state index contributed by atoms with van der Waals surface area (Å²) in [5.41, 5.74) is 8.68. The first-order chi connectivity index (χ1) is 8.10. The molecule has 0 unspecified atom stereocenters. The van der Waals surface area contributed by atoms with Crippen molar-refractivity contribution in [3.05, 3.63) is 29.5 Å². The second kappa shape index (κ2) is 4.37. The van der Waals surface area contributed by atoms with Gasteiger partial charge < -0.3 is 0 Å². The number of aryl methyl sites for hydroxylation is 2. The van der Waals surface area contributed by atoms with E-state index >= 15 is 0 Å². The monoisotopic (exact) mass is 230 g/mol. The average Bonchev–Trinajstić information content (AvgIpc) is 2.30. The number of benzene rings is 1.